The average molecular weight is 291 g/mol. The molecule has 1 N–H and O–H groups in total. The highest BCUT2D eigenvalue weighted by Crippen LogP contribution is 2.67. The summed E-state index contributed by atoms with van der Waals surface area (Å²) in [6.07, 6.45) is 2.63. The molecule has 0 spiro atoms. The van der Waals surface area contributed by atoms with Crippen molar-refractivity contribution in [2.24, 2.45) is 11.3 Å². The van der Waals surface area contributed by atoms with E-state index >= 15 is 0 Å². The summed E-state index contributed by atoms with van der Waals surface area (Å²) in [5.74, 6) is 1.55. The van der Waals surface area contributed by atoms with E-state index in [1.54, 1.807) is 5.56 Å². The Morgan fingerprint density at radius 2 is 1.82 bits per heavy atom. The number of hydrogen-bond acceptors (Lipinski definition) is 0. The minimum Gasteiger partial charge on any atom is -0.358 e. The minimum atomic E-state index is 0.446. The van der Waals surface area contributed by atoms with E-state index in [-0.39, 0.29) is 0 Å². The van der Waals surface area contributed by atoms with Gasteiger partial charge in [0.2, 0.25) is 0 Å². The first-order valence-corrected chi connectivity index (χ1v) is 8.55. The summed E-state index contributed by atoms with van der Waals surface area (Å²) in [5, 5.41) is 4.11. The Labute approximate surface area is 132 Å². The summed E-state index contributed by atoms with van der Waals surface area (Å²) >= 11 is 0. The maximum Gasteiger partial charge on any atom is 0.0538 e. The van der Waals surface area contributed by atoms with Gasteiger partial charge in [-0.15, -0.1) is 0 Å². The van der Waals surface area contributed by atoms with Crippen LogP contribution in [-0.2, 0) is 0 Å². The highest BCUT2D eigenvalue weighted by atomic mass is 14.7. The van der Waals surface area contributed by atoms with Crippen LogP contribution >= 0.6 is 0 Å². The van der Waals surface area contributed by atoms with Crippen molar-refractivity contribution in [2.45, 2.75) is 46.5 Å². The molecule has 22 heavy (non-hydrogen) atoms. The smallest absolute Gasteiger partial charge is 0.0538 e. The monoisotopic (exact) mass is 291 g/mol. The zero-order valence-electron chi connectivity index (χ0n) is 14.0. The lowest BCUT2D eigenvalue weighted by atomic mass is 9.98. The molecule has 1 fully saturated rings. The van der Waals surface area contributed by atoms with Crippen LogP contribution in [0.4, 0.5) is 0 Å². The third kappa shape index (κ3) is 1.78. The highest BCUT2D eigenvalue weighted by molar-refractivity contribution is 6.07. The molecule has 1 aromatic heterocycles. The number of fused-ring (bicyclic) bond motifs is 3. The Kier molecular flexibility index (Phi) is 2.91. The second-order valence-corrected chi connectivity index (χ2v) is 7.57. The van der Waals surface area contributed by atoms with Crippen LogP contribution in [0.15, 0.2) is 36.4 Å². The predicted molar refractivity (Wildman–Crippen MR) is 95.5 cm³/mol. The first-order chi connectivity index (χ1) is 10.6. The molecule has 0 saturated heterocycles. The van der Waals surface area contributed by atoms with Crippen molar-refractivity contribution in [3.8, 4) is 0 Å². The fraction of sp³-hybridized carbons (Fsp3) is 0.429. The fourth-order valence-electron chi connectivity index (χ4n) is 4.66. The van der Waals surface area contributed by atoms with Crippen LogP contribution in [-0.4, -0.2) is 4.98 Å². The molecular weight excluding hydrogens is 266 g/mol. The SMILES string of the molecule is CCCC1C(c2c(C)[nH]c3c2ccc2ccccc23)C1(C)C. The zero-order chi connectivity index (χ0) is 15.5. The van der Waals surface area contributed by atoms with Crippen molar-refractivity contribution in [1.82, 2.24) is 4.98 Å². The van der Waals surface area contributed by atoms with Crippen molar-refractivity contribution in [3.63, 3.8) is 0 Å². The van der Waals surface area contributed by atoms with Crippen LogP contribution in [0.5, 0.6) is 0 Å². The van der Waals surface area contributed by atoms with Crippen molar-refractivity contribution in [3.05, 3.63) is 47.7 Å². The van der Waals surface area contributed by atoms with Crippen LogP contribution in [0.2, 0.25) is 0 Å². The average Bonchev–Trinajstić information content (AvgIpc) is 2.87. The second kappa shape index (κ2) is 4.62. The molecule has 2 unspecified atom stereocenters. The van der Waals surface area contributed by atoms with Gasteiger partial charge < -0.3 is 4.98 Å². The Morgan fingerprint density at radius 3 is 2.59 bits per heavy atom. The van der Waals surface area contributed by atoms with E-state index in [2.05, 4.69) is 69.1 Å². The van der Waals surface area contributed by atoms with E-state index in [9.17, 15) is 0 Å². The molecule has 2 aromatic carbocycles. The van der Waals surface area contributed by atoms with E-state index in [0.717, 1.165) is 5.92 Å². The summed E-state index contributed by atoms with van der Waals surface area (Å²) < 4.78 is 0. The first-order valence-electron chi connectivity index (χ1n) is 8.55. The molecule has 3 aromatic rings. The van der Waals surface area contributed by atoms with Gasteiger partial charge in [-0.05, 0) is 41.5 Å². The highest BCUT2D eigenvalue weighted by Gasteiger charge is 2.58. The van der Waals surface area contributed by atoms with Gasteiger partial charge in [0, 0.05) is 16.5 Å². The topological polar surface area (TPSA) is 15.8 Å². The van der Waals surface area contributed by atoms with Gasteiger partial charge in [-0.1, -0.05) is 63.6 Å². The third-order valence-corrected chi connectivity index (χ3v) is 5.90. The molecule has 0 radical (unpaired) electrons. The third-order valence-electron chi connectivity index (χ3n) is 5.90. The largest absolute Gasteiger partial charge is 0.358 e. The Bertz CT molecular complexity index is 853. The predicted octanol–water partition coefficient (Wildman–Crippen LogP) is 6.17. The molecule has 114 valence electrons. The number of H-pyrrole nitrogens is 1. The van der Waals surface area contributed by atoms with Crippen LogP contribution < -0.4 is 0 Å². The number of rotatable bonds is 3. The first kappa shape index (κ1) is 13.9. The second-order valence-electron chi connectivity index (χ2n) is 7.57. The molecule has 1 saturated carbocycles. The molecule has 1 heterocycles. The van der Waals surface area contributed by atoms with E-state index in [1.807, 2.05) is 0 Å². The normalized spacial score (nSPS) is 23.3. The van der Waals surface area contributed by atoms with Crippen LogP contribution in [0.1, 0.15) is 50.8 Å². The van der Waals surface area contributed by atoms with Gasteiger partial charge in [-0.3, -0.25) is 0 Å². The molecule has 2 atom stereocenters. The molecule has 1 heteroatoms. The standard InChI is InChI=1S/C21H25N/c1-5-8-17-19(21(17,3)4)18-13(2)22-20-15-10-7-6-9-14(15)11-12-16(18)20/h6-7,9-12,17,19,22H,5,8H2,1-4H3. The van der Waals surface area contributed by atoms with Gasteiger partial charge in [0.05, 0.1) is 5.52 Å². The summed E-state index contributed by atoms with van der Waals surface area (Å²) in [7, 11) is 0. The maximum absolute atomic E-state index is 3.69. The Hall–Kier alpha value is -1.76. The molecule has 1 aliphatic rings. The summed E-state index contributed by atoms with van der Waals surface area (Å²) in [6, 6.07) is 13.3. The molecule has 0 bridgehead atoms. The minimum absolute atomic E-state index is 0.446. The van der Waals surface area contributed by atoms with Crippen molar-refractivity contribution < 1.29 is 0 Å². The van der Waals surface area contributed by atoms with Gasteiger partial charge in [0.25, 0.3) is 0 Å². The molecule has 1 nitrogen and oxygen atoms in total. The van der Waals surface area contributed by atoms with Gasteiger partial charge in [-0.25, -0.2) is 0 Å². The number of aromatic nitrogens is 1. The molecule has 1 aliphatic carbocycles. The lowest BCUT2D eigenvalue weighted by Crippen LogP contribution is -1.91. The van der Waals surface area contributed by atoms with Crippen LogP contribution in [0, 0.1) is 18.3 Å². The molecule has 0 amide bonds. The number of hydrogen-bond donors (Lipinski definition) is 1. The van der Waals surface area contributed by atoms with E-state index in [1.165, 1.54) is 40.2 Å². The number of nitrogens with one attached hydrogen (secondary N) is 1. The van der Waals surface area contributed by atoms with E-state index < -0.39 is 0 Å². The van der Waals surface area contributed by atoms with Gasteiger partial charge in [-0.2, -0.15) is 0 Å². The quantitative estimate of drug-likeness (QED) is 0.594. The summed E-state index contributed by atoms with van der Waals surface area (Å²) in [5.41, 5.74) is 4.71. The van der Waals surface area contributed by atoms with Crippen molar-refractivity contribution in [1.29, 1.82) is 0 Å². The number of aromatic amines is 1. The Balaban J connectivity index is 1.93. The summed E-state index contributed by atoms with van der Waals surface area (Å²) in [4.78, 5) is 3.69. The van der Waals surface area contributed by atoms with Gasteiger partial charge in [0.15, 0.2) is 0 Å². The van der Waals surface area contributed by atoms with E-state index in [0.29, 0.717) is 11.3 Å². The van der Waals surface area contributed by atoms with Gasteiger partial charge in [0.1, 0.15) is 0 Å². The zero-order valence-corrected chi connectivity index (χ0v) is 14.0. The molecule has 0 aliphatic heterocycles. The lowest BCUT2D eigenvalue weighted by Gasteiger charge is -2.04. The van der Waals surface area contributed by atoms with Crippen LogP contribution in [0.25, 0.3) is 21.7 Å². The Morgan fingerprint density at radius 1 is 1.05 bits per heavy atom. The van der Waals surface area contributed by atoms with Crippen LogP contribution in [0.3, 0.4) is 0 Å². The number of benzene rings is 2. The fourth-order valence-corrected chi connectivity index (χ4v) is 4.66. The van der Waals surface area contributed by atoms with E-state index in [4.69, 9.17) is 0 Å². The molecule has 4 rings (SSSR count). The summed E-state index contributed by atoms with van der Waals surface area (Å²) in [6.45, 7) is 9.44. The lowest BCUT2D eigenvalue weighted by molar-refractivity contribution is 0.526. The van der Waals surface area contributed by atoms with Gasteiger partial charge >= 0.3 is 0 Å². The maximum atomic E-state index is 3.69. The van der Waals surface area contributed by atoms with Crippen molar-refractivity contribution >= 4 is 21.7 Å². The molecular formula is C21H25N. The number of aryl methyl sites for hydroxylation is 1. The van der Waals surface area contributed by atoms with Crippen molar-refractivity contribution in [2.75, 3.05) is 0 Å².